The summed E-state index contributed by atoms with van der Waals surface area (Å²) in [6.45, 7) is 4.34. The van der Waals surface area contributed by atoms with Gasteiger partial charge in [0.25, 0.3) is 0 Å². The van der Waals surface area contributed by atoms with Crippen LogP contribution in [0.2, 0.25) is 0 Å². The van der Waals surface area contributed by atoms with Crippen LogP contribution in [0.3, 0.4) is 0 Å². The van der Waals surface area contributed by atoms with Crippen molar-refractivity contribution in [3.05, 3.63) is 0 Å². The largest absolute Gasteiger partial charge is 0.390 e. The molecule has 3 rings (SSSR count). The van der Waals surface area contributed by atoms with Gasteiger partial charge in [0.2, 0.25) is 0 Å². The molecule has 5 atom stereocenters. The smallest absolute Gasteiger partial charge is 0.0875 e. The number of hydrogen-bond acceptors (Lipinski definition) is 2. The van der Waals surface area contributed by atoms with Crippen molar-refractivity contribution in [2.75, 3.05) is 0 Å². The fraction of sp³-hybridized carbons (Fsp3) is 1.00. The molecule has 0 aromatic rings. The molecule has 0 radical (unpaired) electrons. The third-order valence-electron chi connectivity index (χ3n) is 4.22. The topological polar surface area (TPSA) is 29.5 Å². The summed E-state index contributed by atoms with van der Waals surface area (Å²) < 4.78 is 5.89. The maximum atomic E-state index is 9.81. The van der Waals surface area contributed by atoms with E-state index in [1.54, 1.807) is 0 Å². The molecule has 0 aromatic heterocycles. The number of ether oxygens (including phenoxy) is 1. The lowest BCUT2D eigenvalue weighted by Gasteiger charge is -2.24. The number of fused-ring (bicyclic) bond motifs is 1. The SMILES string of the molecule is CC1(C)OC2C(O)C3CC2C1C3. The molecule has 2 heteroatoms. The van der Waals surface area contributed by atoms with Crippen LogP contribution in [-0.4, -0.2) is 22.9 Å². The van der Waals surface area contributed by atoms with Crippen molar-refractivity contribution in [3.63, 3.8) is 0 Å². The minimum atomic E-state index is -0.159. The standard InChI is InChI=1S/C10H16O2/c1-10(2)7-4-5-3-6(7)9(12-10)8(5)11/h5-9,11H,3-4H2,1-2H3. The molecule has 68 valence electrons. The van der Waals surface area contributed by atoms with Crippen molar-refractivity contribution in [2.45, 2.75) is 44.5 Å². The van der Waals surface area contributed by atoms with Crippen LogP contribution in [-0.2, 0) is 4.74 Å². The quantitative estimate of drug-likeness (QED) is 0.588. The van der Waals surface area contributed by atoms with E-state index >= 15 is 0 Å². The molecule has 2 saturated carbocycles. The highest BCUT2D eigenvalue weighted by atomic mass is 16.5. The lowest BCUT2D eigenvalue weighted by Crippen LogP contribution is -2.31. The second-order valence-electron chi connectivity index (χ2n) is 5.18. The van der Waals surface area contributed by atoms with Crippen molar-refractivity contribution < 1.29 is 9.84 Å². The predicted octanol–water partition coefficient (Wildman–Crippen LogP) is 1.18. The summed E-state index contributed by atoms with van der Waals surface area (Å²) in [5.41, 5.74) is 0.0293. The third kappa shape index (κ3) is 0.647. The molecular weight excluding hydrogens is 152 g/mol. The molecular formula is C10H16O2. The maximum Gasteiger partial charge on any atom is 0.0875 e. The Morgan fingerprint density at radius 3 is 2.67 bits per heavy atom. The van der Waals surface area contributed by atoms with Gasteiger partial charge in [-0.2, -0.15) is 0 Å². The average molecular weight is 168 g/mol. The van der Waals surface area contributed by atoms with Gasteiger partial charge in [-0.3, -0.25) is 0 Å². The van der Waals surface area contributed by atoms with Gasteiger partial charge >= 0.3 is 0 Å². The Kier molecular flexibility index (Phi) is 1.15. The third-order valence-corrected chi connectivity index (χ3v) is 4.22. The number of hydrogen-bond donors (Lipinski definition) is 1. The van der Waals surface area contributed by atoms with E-state index in [0.29, 0.717) is 11.8 Å². The Morgan fingerprint density at radius 2 is 2.08 bits per heavy atom. The molecule has 0 spiro atoms. The molecule has 2 nitrogen and oxygen atoms in total. The first-order valence-corrected chi connectivity index (χ1v) is 4.95. The summed E-state index contributed by atoms with van der Waals surface area (Å²) in [5.74, 6) is 1.93. The van der Waals surface area contributed by atoms with Crippen molar-refractivity contribution >= 4 is 0 Å². The molecule has 3 aliphatic rings. The summed E-state index contributed by atoms with van der Waals surface area (Å²) >= 11 is 0. The lowest BCUT2D eigenvalue weighted by molar-refractivity contribution is -0.0677. The Balaban J connectivity index is 2.00. The van der Waals surface area contributed by atoms with Crippen LogP contribution in [0.1, 0.15) is 26.7 Å². The molecule has 1 saturated heterocycles. The van der Waals surface area contributed by atoms with Crippen LogP contribution in [0.25, 0.3) is 0 Å². The van der Waals surface area contributed by atoms with Crippen LogP contribution in [0.15, 0.2) is 0 Å². The van der Waals surface area contributed by atoms with Crippen molar-refractivity contribution in [3.8, 4) is 0 Å². The second kappa shape index (κ2) is 1.88. The zero-order valence-electron chi connectivity index (χ0n) is 7.66. The lowest BCUT2D eigenvalue weighted by atomic mass is 9.80. The van der Waals surface area contributed by atoms with Crippen LogP contribution >= 0.6 is 0 Å². The van der Waals surface area contributed by atoms with E-state index in [1.165, 1.54) is 12.8 Å². The van der Waals surface area contributed by atoms with E-state index < -0.39 is 0 Å². The highest BCUT2D eigenvalue weighted by Gasteiger charge is 2.63. The number of aliphatic hydroxyl groups excluding tert-OH is 1. The molecule has 5 unspecified atom stereocenters. The fourth-order valence-corrected chi connectivity index (χ4v) is 3.67. The van der Waals surface area contributed by atoms with Gasteiger partial charge in [-0.15, -0.1) is 0 Å². The van der Waals surface area contributed by atoms with Gasteiger partial charge in [0, 0.05) is 0 Å². The Bertz CT molecular complexity index is 224. The van der Waals surface area contributed by atoms with E-state index in [2.05, 4.69) is 13.8 Å². The second-order valence-corrected chi connectivity index (χ2v) is 5.18. The van der Waals surface area contributed by atoms with Gasteiger partial charge in [-0.25, -0.2) is 0 Å². The molecule has 2 aliphatic carbocycles. The van der Waals surface area contributed by atoms with Crippen LogP contribution in [0, 0.1) is 17.8 Å². The Morgan fingerprint density at radius 1 is 1.33 bits per heavy atom. The van der Waals surface area contributed by atoms with E-state index in [1.807, 2.05) is 0 Å². The Hall–Kier alpha value is -0.0800. The molecule has 12 heavy (non-hydrogen) atoms. The molecule has 3 fully saturated rings. The van der Waals surface area contributed by atoms with Gasteiger partial charge in [0.05, 0.1) is 17.8 Å². The van der Waals surface area contributed by atoms with E-state index in [0.717, 1.165) is 5.92 Å². The first kappa shape index (κ1) is 7.34. The summed E-state index contributed by atoms with van der Waals surface area (Å²) in [4.78, 5) is 0. The first-order valence-electron chi connectivity index (χ1n) is 4.95. The molecule has 0 aromatic carbocycles. The minimum absolute atomic E-state index is 0.0293. The van der Waals surface area contributed by atoms with Crippen molar-refractivity contribution in [2.24, 2.45) is 17.8 Å². The number of aliphatic hydroxyl groups is 1. The van der Waals surface area contributed by atoms with Crippen LogP contribution in [0.4, 0.5) is 0 Å². The molecule has 1 aliphatic heterocycles. The maximum absolute atomic E-state index is 9.81. The summed E-state index contributed by atoms with van der Waals surface area (Å²) in [5, 5.41) is 9.81. The van der Waals surface area contributed by atoms with Gasteiger partial charge < -0.3 is 9.84 Å². The van der Waals surface area contributed by atoms with E-state index in [-0.39, 0.29) is 17.8 Å². The van der Waals surface area contributed by atoms with E-state index in [9.17, 15) is 5.11 Å². The van der Waals surface area contributed by atoms with Gasteiger partial charge in [0.15, 0.2) is 0 Å². The summed E-state index contributed by atoms with van der Waals surface area (Å²) in [6.07, 6.45) is 2.41. The zero-order valence-corrected chi connectivity index (χ0v) is 7.66. The predicted molar refractivity (Wildman–Crippen MR) is 44.7 cm³/mol. The van der Waals surface area contributed by atoms with Crippen LogP contribution in [0.5, 0.6) is 0 Å². The highest BCUT2D eigenvalue weighted by molar-refractivity contribution is 5.11. The number of rotatable bonds is 0. The van der Waals surface area contributed by atoms with Crippen molar-refractivity contribution in [1.29, 1.82) is 0 Å². The molecule has 0 amide bonds. The fourth-order valence-electron chi connectivity index (χ4n) is 3.67. The molecule has 1 heterocycles. The normalized spacial score (nSPS) is 59.8. The average Bonchev–Trinajstić information content (AvgIpc) is 2.54. The molecule has 1 N–H and O–H groups in total. The summed E-state index contributed by atoms with van der Waals surface area (Å²) in [6, 6.07) is 0. The first-order chi connectivity index (χ1) is 5.59. The van der Waals surface area contributed by atoms with Gasteiger partial charge in [0.1, 0.15) is 0 Å². The van der Waals surface area contributed by atoms with Gasteiger partial charge in [-0.05, 0) is 44.4 Å². The molecule has 2 bridgehead atoms. The Labute approximate surface area is 72.9 Å². The van der Waals surface area contributed by atoms with Crippen LogP contribution < -0.4 is 0 Å². The zero-order chi connectivity index (χ0) is 8.51. The van der Waals surface area contributed by atoms with Gasteiger partial charge in [-0.1, -0.05) is 0 Å². The van der Waals surface area contributed by atoms with Crippen molar-refractivity contribution in [1.82, 2.24) is 0 Å². The summed E-state index contributed by atoms with van der Waals surface area (Å²) in [7, 11) is 0. The van der Waals surface area contributed by atoms with E-state index in [4.69, 9.17) is 4.74 Å². The minimum Gasteiger partial charge on any atom is -0.390 e. The monoisotopic (exact) mass is 168 g/mol. The highest BCUT2D eigenvalue weighted by Crippen LogP contribution is 2.59.